The van der Waals surface area contributed by atoms with E-state index < -0.39 is 0 Å². The molecule has 0 saturated carbocycles. The van der Waals surface area contributed by atoms with E-state index in [4.69, 9.17) is 0 Å². The van der Waals surface area contributed by atoms with Gasteiger partial charge in [-0.15, -0.1) is 0 Å². The minimum absolute atomic E-state index is 0.255. The monoisotopic (exact) mass is 930 g/mol. The molecule has 0 amide bonds. The van der Waals surface area contributed by atoms with Gasteiger partial charge in [0.25, 0.3) is 0 Å². The average Bonchev–Trinajstić information content (AvgIpc) is 3.98. The van der Waals surface area contributed by atoms with Gasteiger partial charge in [0, 0.05) is 33.4 Å². The number of nitrogens with zero attached hydrogens (tertiary/aromatic N) is 2. The zero-order valence-corrected chi connectivity index (χ0v) is 40.3. The van der Waals surface area contributed by atoms with Crippen molar-refractivity contribution in [1.82, 2.24) is 4.57 Å². The zero-order valence-electron chi connectivity index (χ0n) is 40.3. The van der Waals surface area contributed by atoms with Gasteiger partial charge in [-0.1, -0.05) is 231 Å². The van der Waals surface area contributed by atoms with Gasteiger partial charge in [-0.05, 0) is 133 Å². The van der Waals surface area contributed by atoms with E-state index in [0.29, 0.717) is 0 Å². The number of rotatable bonds is 9. The average molecular weight is 931 g/mol. The maximum atomic E-state index is 2.48. The summed E-state index contributed by atoms with van der Waals surface area (Å²) in [7, 11) is 0. The van der Waals surface area contributed by atoms with Crippen molar-refractivity contribution in [3.8, 4) is 50.2 Å². The standard InChI is InChI=1S/C71H50N2/c1-4-21-54(22-5-1)71(55-23-6-2-7-24-55)66-32-15-12-29-62(66)63-46-44-58(48-67(63)71)72(56-25-8-3-9-26-56)57-42-39-50(40-43-57)49-35-37-52(38-36-49)61-28-13-16-33-68(61)73-69-34-17-14-30-64(69)65-45-41-53(47-70(65)73)60-31-18-20-51-19-10-11-27-59(51)60/h1-23,25-48,55H,24H2. The van der Waals surface area contributed by atoms with Gasteiger partial charge in [-0.3, -0.25) is 0 Å². The maximum absolute atomic E-state index is 2.48. The second kappa shape index (κ2) is 17.6. The lowest BCUT2D eigenvalue weighted by atomic mass is 9.62. The Morgan fingerprint density at radius 3 is 1.77 bits per heavy atom. The summed E-state index contributed by atoms with van der Waals surface area (Å²) >= 11 is 0. The first-order chi connectivity index (χ1) is 36.2. The van der Waals surface area contributed by atoms with Crippen molar-refractivity contribution in [2.24, 2.45) is 5.92 Å². The molecule has 344 valence electrons. The van der Waals surface area contributed by atoms with Crippen LogP contribution in [0.25, 0.3) is 82.8 Å². The fraction of sp³-hybridized carbons (Fsp3) is 0.0423. The summed E-state index contributed by atoms with van der Waals surface area (Å²) in [5, 5.41) is 5.00. The van der Waals surface area contributed by atoms with Gasteiger partial charge in [-0.2, -0.15) is 0 Å². The van der Waals surface area contributed by atoms with E-state index in [-0.39, 0.29) is 11.3 Å². The van der Waals surface area contributed by atoms with Crippen LogP contribution in [0.4, 0.5) is 17.1 Å². The molecule has 1 heterocycles. The number of hydrogen-bond donors (Lipinski definition) is 0. The van der Waals surface area contributed by atoms with Crippen molar-refractivity contribution in [3.05, 3.63) is 302 Å². The van der Waals surface area contributed by atoms with Gasteiger partial charge < -0.3 is 9.47 Å². The maximum Gasteiger partial charge on any atom is 0.0547 e. The first kappa shape index (κ1) is 42.6. The Kier molecular flexibility index (Phi) is 10.3. The van der Waals surface area contributed by atoms with Gasteiger partial charge in [0.2, 0.25) is 0 Å². The predicted molar refractivity (Wildman–Crippen MR) is 307 cm³/mol. The van der Waals surface area contributed by atoms with Crippen LogP contribution in [0.1, 0.15) is 23.1 Å². The number of aromatic nitrogens is 1. The van der Waals surface area contributed by atoms with Crippen molar-refractivity contribution in [2.45, 2.75) is 11.8 Å². The van der Waals surface area contributed by atoms with Crippen molar-refractivity contribution < 1.29 is 0 Å². The normalized spacial score (nSPS) is 15.7. The Morgan fingerprint density at radius 2 is 0.959 bits per heavy atom. The first-order valence-corrected chi connectivity index (χ1v) is 25.5. The minimum Gasteiger partial charge on any atom is -0.310 e. The molecule has 0 bridgehead atoms. The van der Waals surface area contributed by atoms with Crippen LogP contribution in [0, 0.1) is 5.92 Å². The van der Waals surface area contributed by atoms with Crippen LogP contribution < -0.4 is 4.90 Å². The molecule has 0 N–H and O–H groups in total. The van der Waals surface area contributed by atoms with E-state index in [1.54, 1.807) is 0 Å². The summed E-state index contributed by atoms with van der Waals surface area (Å²) in [4.78, 5) is 2.42. The molecule has 2 atom stereocenters. The number of hydrogen-bond acceptors (Lipinski definition) is 1. The molecular weight excluding hydrogens is 881 g/mol. The Balaban J connectivity index is 0.830. The third-order valence-electron chi connectivity index (χ3n) is 15.7. The number of anilines is 3. The second-order valence-electron chi connectivity index (χ2n) is 19.5. The summed E-state index contributed by atoms with van der Waals surface area (Å²) in [6.07, 6.45) is 10.2. The molecule has 2 aliphatic carbocycles. The topological polar surface area (TPSA) is 8.17 Å². The smallest absolute Gasteiger partial charge is 0.0547 e. The Labute approximate surface area is 426 Å². The largest absolute Gasteiger partial charge is 0.310 e. The Morgan fingerprint density at radius 1 is 0.370 bits per heavy atom. The molecule has 14 rings (SSSR count). The molecule has 1 aromatic heterocycles. The second-order valence-corrected chi connectivity index (χ2v) is 19.5. The fourth-order valence-electron chi connectivity index (χ4n) is 12.4. The Bertz CT molecular complexity index is 4100. The molecule has 2 unspecified atom stereocenters. The molecule has 12 aromatic rings. The number of fused-ring (bicyclic) bond motifs is 7. The minimum atomic E-state index is -0.353. The van der Waals surface area contributed by atoms with E-state index in [9.17, 15) is 0 Å². The van der Waals surface area contributed by atoms with Crippen LogP contribution in [0.15, 0.2) is 285 Å². The number of para-hydroxylation sites is 3. The third kappa shape index (κ3) is 6.94. The van der Waals surface area contributed by atoms with Gasteiger partial charge >= 0.3 is 0 Å². The van der Waals surface area contributed by atoms with Crippen molar-refractivity contribution in [2.75, 3.05) is 4.90 Å². The highest BCUT2D eigenvalue weighted by Gasteiger charge is 2.49. The van der Waals surface area contributed by atoms with Crippen LogP contribution in [-0.4, -0.2) is 4.57 Å². The molecule has 0 radical (unpaired) electrons. The van der Waals surface area contributed by atoms with E-state index in [2.05, 4.69) is 295 Å². The molecule has 2 nitrogen and oxygen atoms in total. The number of benzene rings is 11. The summed E-state index contributed by atoms with van der Waals surface area (Å²) in [5.74, 6) is 0.255. The highest BCUT2D eigenvalue weighted by Crippen LogP contribution is 2.59. The predicted octanol–water partition coefficient (Wildman–Crippen LogP) is 18.9. The van der Waals surface area contributed by atoms with E-state index in [1.807, 2.05) is 0 Å². The van der Waals surface area contributed by atoms with Crippen LogP contribution in [0.5, 0.6) is 0 Å². The number of allylic oxidation sites excluding steroid dienone is 4. The summed E-state index contributed by atoms with van der Waals surface area (Å²) < 4.78 is 2.46. The zero-order chi connectivity index (χ0) is 48.3. The van der Waals surface area contributed by atoms with Crippen LogP contribution in [0.3, 0.4) is 0 Å². The lowest BCUT2D eigenvalue weighted by Crippen LogP contribution is -2.35. The van der Waals surface area contributed by atoms with Gasteiger partial charge in [0.15, 0.2) is 0 Å². The highest BCUT2D eigenvalue weighted by molar-refractivity contribution is 6.11. The van der Waals surface area contributed by atoms with Gasteiger partial charge in [0.1, 0.15) is 0 Å². The quantitative estimate of drug-likeness (QED) is 0.140. The molecule has 0 spiro atoms. The van der Waals surface area contributed by atoms with Gasteiger partial charge in [-0.25, -0.2) is 0 Å². The SMILES string of the molecule is C1=CCC(C2(c3ccccc3)c3ccccc3-c3ccc(N(c4ccccc4)c4ccc(-c5ccc(-c6ccccc6-n6c7ccccc7c7ccc(-c8cccc9ccccc89)cc76)cc5)cc4)cc32)C=C1. The molecule has 0 saturated heterocycles. The fourth-order valence-corrected chi connectivity index (χ4v) is 12.4. The van der Waals surface area contributed by atoms with E-state index >= 15 is 0 Å². The van der Waals surface area contributed by atoms with Crippen molar-refractivity contribution in [1.29, 1.82) is 0 Å². The lowest BCUT2D eigenvalue weighted by molar-refractivity contribution is 0.457. The molecule has 2 heteroatoms. The lowest BCUT2D eigenvalue weighted by Gasteiger charge is -2.40. The third-order valence-corrected chi connectivity index (χ3v) is 15.7. The highest BCUT2D eigenvalue weighted by atomic mass is 15.1. The van der Waals surface area contributed by atoms with Crippen LogP contribution >= 0.6 is 0 Å². The van der Waals surface area contributed by atoms with E-state index in [1.165, 1.54) is 93.8 Å². The molecule has 0 aliphatic heterocycles. The van der Waals surface area contributed by atoms with Crippen molar-refractivity contribution >= 4 is 49.6 Å². The van der Waals surface area contributed by atoms with Crippen LogP contribution in [-0.2, 0) is 5.41 Å². The summed E-state index contributed by atoms with van der Waals surface area (Å²) in [6.45, 7) is 0. The Hall–Kier alpha value is -9.24. The van der Waals surface area contributed by atoms with E-state index in [0.717, 1.165) is 29.2 Å². The first-order valence-electron chi connectivity index (χ1n) is 25.5. The molecule has 0 fully saturated rings. The summed E-state index contributed by atoms with van der Waals surface area (Å²) in [6, 6.07) is 96.4. The van der Waals surface area contributed by atoms with Crippen molar-refractivity contribution in [3.63, 3.8) is 0 Å². The molecular formula is C71H50N2. The molecule has 11 aromatic carbocycles. The van der Waals surface area contributed by atoms with Gasteiger partial charge in [0.05, 0.1) is 22.1 Å². The van der Waals surface area contributed by atoms with Crippen LogP contribution in [0.2, 0.25) is 0 Å². The molecule has 73 heavy (non-hydrogen) atoms. The molecule has 2 aliphatic rings. The summed E-state index contributed by atoms with van der Waals surface area (Å²) in [5.41, 5.74) is 20.4.